The number of nitrogens with one attached hydrogen (secondary N) is 2. The van der Waals surface area contributed by atoms with E-state index >= 15 is 0 Å². The second-order valence-electron chi connectivity index (χ2n) is 7.39. The van der Waals surface area contributed by atoms with Crippen molar-refractivity contribution in [3.63, 3.8) is 0 Å². The highest BCUT2D eigenvalue weighted by Crippen LogP contribution is 2.32. The van der Waals surface area contributed by atoms with Gasteiger partial charge in [0, 0.05) is 29.9 Å². The molecule has 3 saturated heterocycles. The molecule has 4 heterocycles. The molecule has 0 spiro atoms. The molecule has 3 fully saturated rings. The second-order valence-corrected chi connectivity index (χ2v) is 7.39. The third-order valence-corrected chi connectivity index (χ3v) is 5.83. The zero-order chi connectivity index (χ0) is 18.1. The van der Waals surface area contributed by atoms with Crippen molar-refractivity contribution >= 4 is 11.6 Å². The van der Waals surface area contributed by atoms with E-state index < -0.39 is 0 Å². The summed E-state index contributed by atoms with van der Waals surface area (Å²) in [6.07, 6.45) is 2.35. The van der Waals surface area contributed by atoms with Crippen LogP contribution in [-0.4, -0.2) is 42.5 Å². The van der Waals surface area contributed by atoms with E-state index in [9.17, 15) is 4.79 Å². The highest BCUT2D eigenvalue weighted by molar-refractivity contribution is 5.92. The molecule has 5 heteroatoms. The first kappa shape index (κ1) is 17.2. The maximum Gasteiger partial charge on any atom is 0.287 e. The molecule has 1 aromatic heterocycles. The van der Waals surface area contributed by atoms with Crippen LogP contribution in [0.25, 0.3) is 11.3 Å². The van der Waals surface area contributed by atoms with Crippen molar-refractivity contribution in [2.24, 2.45) is 5.92 Å². The molecule has 0 unspecified atom stereocenters. The number of rotatable bonds is 5. The number of furan rings is 1. The summed E-state index contributed by atoms with van der Waals surface area (Å²) in [7, 11) is 0. The van der Waals surface area contributed by atoms with Crippen LogP contribution in [0.1, 0.15) is 37.2 Å². The fourth-order valence-electron chi connectivity index (χ4n) is 4.37. The minimum absolute atomic E-state index is 0.107. The van der Waals surface area contributed by atoms with Gasteiger partial charge in [0.1, 0.15) is 5.76 Å². The monoisotopic (exact) mass is 353 g/mol. The van der Waals surface area contributed by atoms with Crippen LogP contribution in [0.5, 0.6) is 0 Å². The number of carbonyl (C=O) groups is 1. The number of anilines is 1. The van der Waals surface area contributed by atoms with E-state index in [1.807, 2.05) is 30.3 Å². The van der Waals surface area contributed by atoms with Crippen LogP contribution in [0.15, 0.2) is 40.8 Å². The quantitative estimate of drug-likeness (QED) is 0.862. The SMILES string of the molecule is CCNc1cccc(-c2ccc(C(=O)N[C@@H]3C4CCN(CC4)[C@H]3C)o2)c1. The lowest BCUT2D eigenvalue weighted by Crippen LogP contribution is -2.62. The van der Waals surface area contributed by atoms with Crippen molar-refractivity contribution in [2.45, 2.75) is 38.8 Å². The highest BCUT2D eigenvalue weighted by Gasteiger charge is 2.40. The fourth-order valence-corrected chi connectivity index (χ4v) is 4.37. The van der Waals surface area contributed by atoms with Crippen molar-refractivity contribution in [1.82, 2.24) is 10.2 Å². The number of amides is 1. The molecule has 5 rings (SSSR count). The summed E-state index contributed by atoms with van der Waals surface area (Å²) in [5, 5.41) is 6.52. The molecule has 3 aliphatic rings. The van der Waals surface area contributed by atoms with E-state index in [4.69, 9.17) is 4.42 Å². The lowest BCUT2D eigenvalue weighted by molar-refractivity contribution is 0.0211. The zero-order valence-corrected chi connectivity index (χ0v) is 15.5. The smallest absolute Gasteiger partial charge is 0.287 e. The van der Waals surface area contributed by atoms with Gasteiger partial charge in [0.05, 0.1) is 0 Å². The summed E-state index contributed by atoms with van der Waals surface area (Å²) in [5.41, 5.74) is 2.02. The molecule has 2 N–H and O–H groups in total. The lowest BCUT2D eigenvalue weighted by Gasteiger charge is -2.49. The molecule has 2 bridgehead atoms. The Labute approximate surface area is 154 Å². The highest BCUT2D eigenvalue weighted by atomic mass is 16.3. The second kappa shape index (κ2) is 7.16. The van der Waals surface area contributed by atoms with Gasteiger partial charge in [-0.05, 0) is 70.0 Å². The topological polar surface area (TPSA) is 57.5 Å². The maximum absolute atomic E-state index is 12.7. The van der Waals surface area contributed by atoms with Gasteiger partial charge >= 0.3 is 0 Å². The van der Waals surface area contributed by atoms with Crippen LogP contribution in [0, 0.1) is 5.92 Å². The Morgan fingerprint density at radius 2 is 2.04 bits per heavy atom. The molecular weight excluding hydrogens is 326 g/mol. The molecule has 5 nitrogen and oxygen atoms in total. The molecule has 0 saturated carbocycles. The van der Waals surface area contributed by atoms with Gasteiger partial charge in [0.15, 0.2) is 5.76 Å². The minimum Gasteiger partial charge on any atom is -0.451 e. The summed E-state index contributed by atoms with van der Waals surface area (Å²) in [6.45, 7) is 7.47. The van der Waals surface area contributed by atoms with Crippen LogP contribution in [0.4, 0.5) is 5.69 Å². The average Bonchev–Trinajstić information content (AvgIpc) is 3.16. The summed E-state index contributed by atoms with van der Waals surface area (Å²) in [6, 6.07) is 12.3. The molecule has 2 aromatic rings. The van der Waals surface area contributed by atoms with Gasteiger partial charge in [-0.2, -0.15) is 0 Å². The van der Waals surface area contributed by atoms with Gasteiger partial charge in [-0.25, -0.2) is 0 Å². The van der Waals surface area contributed by atoms with E-state index in [0.29, 0.717) is 17.7 Å². The van der Waals surface area contributed by atoms with Gasteiger partial charge in [0.25, 0.3) is 5.91 Å². The molecule has 0 radical (unpaired) electrons. The Morgan fingerprint density at radius 3 is 2.77 bits per heavy atom. The first-order valence-corrected chi connectivity index (χ1v) is 9.64. The number of piperidine rings is 3. The third-order valence-electron chi connectivity index (χ3n) is 5.83. The van der Waals surface area contributed by atoms with E-state index in [1.54, 1.807) is 6.07 Å². The third kappa shape index (κ3) is 3.23. The van der Waals surface area contributed by atoms with E-state index in [2.05, 4.69) is 29.4 Å². The number of carbonyl (C=O) groups excluding carboxylic acids is 1. The Hall–Kier alpha value is -2.27. The minimum atomic E-state index is -0.107. The standard InChI is InChI=1S/C21H27N3O2/c1-3-22-17-6-4-5-16(13-17)18-7-8-19(26-18)21(25)23-20-14(2)24-11-9-15(20)10-12-24/h4-8,13-15,20,22H,3,9-12H2,1-2H3,(H,23,25)/t14-,20-/m0/s1. The maximum atomic E-state index is 12.7. The van der Waals surface area contributed by atoms with Crippen LogP contribution in [-0.2, 0) is 0 Å². The molecule has 138 valence electrons. The van der Waals surface area contributed by atoms with Crippen LogP contribution < -0.4 is 10.6 Å². The first-order chi connectivity index (χ1) is 12.7. The predicted octanol–water partition coefficient (Wildman–Crippen LogP) is 3.59. The van der Waals surface area contributed by atoms with Crippen molar-refractivity contribution in [3.8, 4) is 11.3 Å². The fraction of sp³-hybridized carbons (Fsp3) is 0.476. The Balaban J connectivity index is 1.47. The lowest BCUT2D eigenvalue weighted by atomic mass is 9.79. The number of hydrogen-bond acceptors (Lipinski definition) is 4. The zero-order valence-electron chi connectivity index (χ0n) is 15.5. The van der Waals surface area contributed by atoms with Crippen molar-refractivity contribution in [2.75, 3.05) is 25.0 Å². The number of hydrogen-bond donors (Lipinski definition) is 2. The molecule has 2 atom stereocenters. The molecule has 0 aliphatic carbocycles. The predicted molar refractivity (Wildman–Crippen MR) is 103 cm³/mol. The van der Waals surface area contributed by atoms with Gasteiger partial charge in [-0.15, -0.1) is 0 Å². The Bertz CT molecular complexity index is 775. The normalized spacial score (nSPS) is 27.3. The molecule has 1 aromatic carbocycles. The van der Waals surface area contributed by atoms with E-state index in [-0.39, 0.29) is 11.9 Å². The molecule has 3 aliphatic heterocycles. The van der Waals surface area contributed by atoms with Crippen molar-refractivity contribution in [1.29, 1.82) is 0 Å². The molecule has 26 heavy (non-hydrogen) atoms. The molecule has 1 amide bonds. The molecular formula is C21H27N3O2. The Morgan fingerprint density at radius 1 is 1.23 bits per heavy atom. The van der Waals surface area contributed by atoms with Gasteiger partial charge in [-0.3, -0.25) is 9.69 Å². The van der Waals surface area contributed by atoms with Gasteiger partial charge < -0.3 is 15.1 Å². The van der Waals surface area contributed by atoms with Crippen LogP contribution >= 0.6 is 0 Å². The number of benzene rings is 1. The van der Waals surface area contributed by atoms with Crippen LogP contribution in [0.2, 0.25) is 0 Å². The summed E-state index contributed by atoms with van der Waals surface area (Å²) in [4.78, 5) is 15.2. The van der Waals surface area contributed by atoms with Gasteiger partial charge in [0.2, 0.25) is 0 Å². The summed E-state index contributed by atoms with van der Waals surface area (Å²) in [5.74, 6) is 1.59. The van der Waals surface area contributed by atoms with E-state index in [1.165, 1.54) is 12.8 Å². The first-order valence-electron chi connectivity index (χ1n) is 9.64. The largest absolute Gasteiger partial charge is 0.451 e. The summed E-state index contributed by atoms with van der Waals surface area (Å²) < 4.78 is 5.87. The van der Waals surface area contributed by atoms with Gasteiger partial charge in [-0.1, -0.05) is 12.1 Å². The summed E-state index contributed by atoms with van der Waals surface area (Å²) >= 11 is 0. The number of nitrogens with zero attached hydrogens (tertiary/aromatic N) is 1. The van der Waals surface area contributed by atoms with Crippen molar-refractivity contribution in [3.05, 3.63) is 42.2 Å². The number of fused-ring (bicyclic) bond motifs is 3. The van der Waals surface area contributed by atoms with Crippen LogP contribution in [0.3, 0.4) is 0 Å². The Kier molecular flexibility index (Phi) is 4.72. The van der Waals surface area contributed by atoms with E-state index in [0.717, 1.165) is 36.6 Å². The average molecular weight is 353 g/mol. The van der Waals surface area contributed by atoms with Crippen molar-refractivity contribution < 1.29 is 9.21 Å².